The molecule has 22 heavy (non-hydrogen) atoms. The molecule has 3 rings (SSSR count). The maximum Gasteiger partial charge on any atom is 0.254 e. The van der Waals surface area contributed by atoms with Crippen LogP contribution in [-0.4, -0.2) is 19.6 Å². The van der Waals surface area contributed by atoms with Crippen LogP contribution in [0.15, 0.2) is 30.6 Å². The summed E-state index contributed by atoms with van der Waals surface area (Å²) >= 11 is 0. The molecule has 0 saturated heterocycles. The average Bonchev–Trinajstić information content (AvgIpc) is 2.98. The molecule has 1 unspecified atom stereocenters. The largest absolute Gasteiger partial charge is 0.363 e. The number of benzene rings is 1. The fraction of sp³-hybridized carbons (Fsp3) is 0.312. The first-order valence-corrected chi connectivity index (χ1v) is 7.30. The third-order valence-electron chi connectivity index (χ3n) is 3.73. The first-order valence-electron chi connectivity index (χ1n) is 7.30. The van der Waals surface area contributed by atoms with Crippen molar-refractivity contribution < 1.29 is 4.39 Å². The van der Waals surface area contributed by atoms with Crippen molar-refractivity contribution in [2.75, 3.05) is 5.32 Å². The Morgan fingerprint density at radius 1 is 1.32 bits per heavy atom. The van der Waals surface area contributed by atoms with E-state index in [1.807, 2.05) is 26.0 Å². The molecule has 0 saturated carbocycles. The highest BCUT2D eigenvalue weighted by Gasteiger charge is 2.12. The maximum absolute atomic E-state index is 13.7. The summed E-state index contributed by atoms with van der Waals surface area (Å²) < 4.78 is 15.4. The van der Waals surface area contributed by atoms with E-state index in [2.05, 4.69) is 20.4 Å². The molecule has 6 heteroatoms. The van der Waals surface area contributed by atoms with Gasteiger partial charge in [-0.3, -0.25) is 0 Å². The standard InChI is InChI=1S/C16H18FN5/c1-4-13-8-15(22-16(21-13)18-9-19-22)20-11(3)12-6-5-10(2)14(17)7-12/h5-9,11,20H,4H2,1-3H3. The van der Waals surface area contributed by atoms with Crippen LogP contribution >= 0.6 is 0 Å². The van der Waals surface area contributed by atoms with Crippen LogP contribution < -0.4 is 5.32 Å². The summed E-state index contributed by atoms with van der Waals surface area (Å²) in [5.41, 5.74) is 2.46. The lowest BCUT2D eigenvalue weighted by Gasteiger charge is -2.17. The van der Waals surface area contributed by atoms with Crippen LogP contribution in [-0.2, 0) is 6.42 Å². The van der Waals surface area contributed by atoms with E-state index in [1.165, 1.54) is 6.33 Å². The van der Waals surface area contributed by atoms with Crippen molar-refractivity contribution in [3.63, 3.8) is 0 Å². The third kappa shape index (κ3) is 2.64. The summed E-state index contributed by atoms with van der Waals surface area (Å²) in [4.78, 5) is 8.54. The normalized spacial score (nSPS) is 12.5. The van der Waals surface area contributed by atoms with Gasteiger partial charge in [0.05, 0.1) is 6.04 Å². The van der Waals surface area contributed by atoms with Gasteiger partial charge in [-0.05, 0) is 37.5 Å². The Bertz CT molecular complexity index is 811. The highest BCUT2D eigenvalue weighted by molar-refractivity contribution is 5.46. The molecule has 0 aliphatic heterocycles. The van der Waals surface area contributed by atoms with Crippen molar-refractivity contribution in [3.8, 4) is 0 Å². The Morgan fingerprint density at radius 3 is 2.86 bits per heavy atom. The predicted octanol–water partition coefficient (Wildman–Crippen LogP) is 3.31. The van der Waals surface area contributed by atoms with Gasteiger partial charge in [0, 0.05) is 11.8 Å². The molecule has 5 nitrogen and oxygen atoms in total. The van der Waals surface area contributed by atoms with Gasteiger partial charge in [0.1, 0.15) is 18.0 Å². The highest BCUT2D eigenvalue weighted by Crippen LogP contribution is 2.21. The summed E-state index contributed by atoms with van der Waals surface area (Å²) in [6, 6.07) is 7.17. The van der Waals surface area contributed by atoms with E-state index >= 15 is 0 Å². The number of nitrogens with zero attached hydrogens (tertiary/aromatic N) is 4. The monoisotopic (exact) mass is 299 g/mol. The van der Waals surface area contributed by atoms with E-state index in [4.69, 9.17) is 0 Å². The van der Waals surface area contributed by atoms with Gasteiger partial charge >= 0.3 is 0 Å². The van der Waals surface area contributed by atoms with Crippen molar-refractivity contribution in [1.29, 1.82) is 0 Å². The van der Waals surface area contributed by atoms with Crippen molar-refractivity contribution in [2.45, 2.75) is 33.2 Å². The topological polar surface area (TPSA) is 55.1 Å². The Labute approximate surface area is 128 Å². The number of hydrogen-bond donors (Lipinski definition) is 1. The summed E-state index contributed by atoms with van der Waals surface area (Å²) in [6.07, 6.45) is 2.29. The molecule has 1 N–H and O–H groups in total. The molecule has 0 radical (unpaired) electrons. The molecule has 1 atom stereocenters. The van der Waals surface area contributed by atoms with Gasteiger partial charge in [0.25, 0.3) is 5.78 Å². The van der Waals surface area contributed by atoms with E-state index in [-0.39, 0.29) is 11.9 Å². The van der Waals surface area contributed by atoms with Gasteiger partial charge in [-0.2, -0.15) is 14.6 Å². The van der Waals surface area contributed by atoms with Gasteiger partial charge in [-0.25, -0.2) is 9.37 Å². The van der Waals surface area contributed by atoms with Crippen LogP contribution in [0.5, 0.6) is 0 Å². The molecule has 0 aliphatic carbocycles. The van der Waals surface area contributed by atoms with Crippen molar-refractivity contribution in [2.24, 2.45) is 0 Å². The number of nitrogens with one attached hydrogen (secondary N) is 1. The minimum Gasteiger partial charge on any atom is -0.363 e. The Morgan fingerprint density at radius 2 is 2.14 bits per heavy atom. The fourth-order valence-corrected chi connectivity index (χ4v) is 2.33. The summed E-state index contributed by atoms with van der Waals surface area (Å²) in [6.45, 7) is 5.78. The van der Waals surface area contributed by atoms with E-state index in [0.717, 1.165) is 23.5 Å². The molecule has 0 bridgehead atoms. The van der Waals surface area contributed by atoms with Gasteiger partial charge in [-0.1, -0.05) is 19.1 Å². The van der Waals surface area contributed by atoms with Crippen molar-refractivity contribution in [3.05, 3.63) is 53.2 Å². The van der Waals surface area contributed by atoms with Crippen LogP contribution in [0.4, 0.5) is 10.2 Å². The van der Waals surface area contributed by atoms with E-state index in [9.17, 15) is 4.39 Å². The molecule has 3 aromatic rings. The van der Waals surface area contributed by atoms with Gasteiger partial charge < -0.3 is 5.32 Å². The minimum atomic E-state index is -0.193. The Kier molecular flexibility index (Phi) is 3.75. The number of aromatic nitrogens is 4. The lowest BCUT2D eigenvalue weighted by molar-refractivity contribution is 0.614. The first kappa shape index (κ1) is 14.4. The summed E-state index contributed by atoms with van der Waals surface area (Å²) in [5.74, 6) is 1.16. The quantitative estimate of drug-likeness (QED) is 0.803. The average molecular weight is 299 g/mol. The summed E-state index contributed by atoms with van der Waals surface area (Å²) in [7, 11) is 0. The number of fused-ring (bicyclic) bond motifs is 1. The second kappa shape index (κ2) is 5.71. The van der Waals surface area contributed by atoms with E-state index in [1.54, 1.807) is 23.6 Å². The van der Waals surface area contributed by atoms with Crippen LogP contribution in [0.1, 0.15) is 36.7 Å². The van der Waals surface area contributed by atoms with Crippen LogP contribution in [0.25, 0.3) is 5.78 Å². The molecule has 0 amide bonds. The van der Waals surface area contributed by atoms with Crippen LogP contribution in [0.2, 0.25) is 0 Å². The zero-order valence-electron chi connectivity index (χ0n) is 12.8. The molecule has 0 aliphatic rings. The number of rotatable bonds is 4. The van der Waals surface area contributed by atoms with Gasteiger partial charge in [0.15, 0.2) is 0 Å². The molecule has 1 aromatic carbocycles. The predicted molar refractivity (Wildman–Crippen MR) is 83.3 cm³/mol. The lowest BCUT2D eigenvalue weighted by atomic mass is 10.1. The minimum absolute atomic E-state index is 0.0605. The molecule has 0 fully saturated rings. The molecule has 0 spiro atoms. The highest BCUT2D eigenvalue weighted by atomic mass is 19.1. The zero-order valence-corrected chi connectivity index (χ0v) is 12.8. The molecular weight excluding hydrogens is 281 g/mol. The molecular formula is C16H18FN5. The number of anilines is 1. The third-order valence-corrected chi connectivity index (χ3v) is 3.73. The number of halogens is 1. The second-order valence-electron chi connectivity index (χ2n) is 5.33. The fourth-order valence-electron chi connectivity index (χ4n) is 2.33. The Balaban J connectivity index is 1.94. The first-order chi connectivity index (χ1) is 10.6. The Hall–Kier alpha value is -2.50. The van der Waals surface area contributed by atoms with E-state index < -0.39 is 0 Å². The summed E-state index contributed by atoms with van der Waals surface area (Å²) in [5, 5.41) is 7.54. The molecule has 2 aromatic heterocycles. The van der Waals surface area contributed by atoms with Crippen molar-refractivity contribution >= 4 is 11.6 Å². The number of aryl methyl sites for hydroxylation is 2. The maximum atomic E-state index is 13.7. The molecule has 2 heterocycles. The number of hydrogen-bond acceptors (Lipinski definition) is 4. The smallest absolute Gasteiger partial charge is 0.254 e. The molecule has 114 valence electrons. The van der Waals surface area contributed by atoms with Gasteiger partial charge in [0.2, 0.25) is 0 Å². The second-order valence-corrected chi connectivity index (χ2v) is 5.33. The lowest BCUT2D eigenvalue weighted by Crippen LogP contribution is -2.12. The van der Waals surface area contributed by atoms with Crippen molar-refractivity contribution in [1.82, 2.24) is 19.6 Å². The zero-order chi connectivity index (χ0) is 15.7. The van der Waals surface area contributed by atoms with E-state index in [0.29, 0.717) is 11.3 Å². The van der Waals surface area contributed by atoms with Crippen LogP contribution in [0, 0.1) is 12.7 Å². The van der Waals surface area contributed by atoms with Crippen LogP contribution in [0.3, 0.4) is 0 Å². The van der Waals surface area contributed by atoms with Gasteiger partial charge in [-0.15, -0.1) is 0 Å². The SMILES string of the molecule is CCc1cc(NC(C)c2ccc(C)c(F)c2)n2ncnc2n1.